The van der Waals surface area contributed by atoms with Crippen LogP contribution in [0.25, 0.3) is 0 Å². The average Bonchev–Trinajstić information content (AvgIpc) is 3.18. The minimum absolute atomic E-state index is 0.193. The molecule has 0 saturated carbocycles. The molecular formula is C16H23N5O3S. The fraction of sp³-hybridized carbons (Fsp3) is 0.625. The van der Waals surface area contributed by atoms with Gasteiger partial charge < -0.3 is 4.52 Å². The van der Waals surface area contributed by atoms with Crippen LogP contribution in [0, 0.1) is 5.41 Å². The fourth-order valence-corrected chi connectivity index (χ4v) is 5.17. The Bertz CT molecular complexity index is 899. The van der Waals surface area contributed by atoms with E-state index in [1.165, 1.54) is 8.61 Å². The lowest BCUT2D eigenvalue weighted by Crippen LogP contribution is -2.33. The second-order valence-electron chi connectivity index (χ2n) is 7.66. The highest BCUT2D eigenvalue weighted by atomic mass is 32.2. The van der Waals surface area contributed by atoms with Gasteiger partial charge in [0.15, 0.2) is 0 Å². The Morgan fingerprint density at radius 3 is 2.84 bits per heavy atom. The van der Waals surface area contributed by atoms with Crippen LogP contribution in [0.2, 0.25) is 0 Å². The molecule has 4 rings (SSSR count). The van der Waals surface area contributed by atoms with E-state index in [1.54, 1.807) is 24.1 Å². The lowest BCUT2D eigenvalue weighted by Gasteiger charge is -2.28. The predicted octanol–water partition coefficient (Wildman–Crippen LogP) is 1.49. The standard InChI is InChI=1S/C16H23N5O3S/c1-16(2)5-4-15-13(8-16)14(18-24-15)11-20-6-7-21(25(20,22)23)12-9-17-19(3)10-12/h9-10H,4-8,11H2,1-3H3. The van der Waals surface area contributed by atoms with Gasteiger partial charge in [-0.15, -0.1) is 0 Å². The quantitative estimate of drug-likeness (QED) is 0.823. The maximum Gasteiger partial charge on any atom is 0.304 e. The molecule has 9 heteroatoms. The molecule has 8 nitrogen and oxygen atoms in total. The van der Waals surface area contributed by atoms with Crippen LogP contribution >= 0.6 is 0 Å². The number of hydrogen-bond acceptors (Lipinski definition) is 5. The van der Waals surface area contributed by atoms with Crippen LogP contribution in [-0.2, 0) is 36.6 Å². The molecule has 1 aliphatic heterocycles. The molecular weight excluding hydrogens is 342 g/mol. The van der Waals surface area contributed by atoms with Gasteiger partial charge in [-0.25, -0.2) is 0 Å². The van der Waals surface area contributed by atoms with Crippen molar-refractivity contribution in [1.82, 2.24) is 19.2 Å². The van der Waals surface area contributed by atoms with Gasteiger partial charge >= 0.3 is 10.2 Å². The van der Waals surface area contributed by atoms with E-state index in [1.807, 2.05) is 0 Å². The molecule has 0 bridgehead atoms. The van der Waals surface area contributed by atoms with Crippen molar-refractivity contribution in [2.45, 2.75) is 39.7 Å². The Morgan fingerprint density at radius 2 is 2.12 bits per heavy atom. The summed E-state index contributed by atoms with van der Waals surface area (Å²) in [6.07, 6.45) is 6.08. The molecule has 136 valence electrons. The highest BCUT2D eigenvalue weighted by Crippen LogP contribution is 2.37. The van der Waals surface area contributed by atoms with E-state index in [2.05, 4.69) is 24.1 Å². The van der Waals surface area contributed by atoms with Crippen LogP contribution in [0.4, 0.5) is 5.69 Å². The van der Waals surface area contributed by atoms with E-state index in [4.69, 9.17) is 4.52 Å². The zero-order valence-electron chi connectivity index (χ0n) is 14.8. The maximum absolute atomic E-state index is 12.9. The van der Waals surface area contributed by atoms with Crippen molar-refractivity contribution in [3.8, 4) is 0 Å². The lowest BCUT2D eigenvalue weighted by molar-refractivity contribution is 0.282. The zero-order chi connectivity index (χ0) is 17.8. The molecule has 2 aliphatic rings. The molecule has 0 atom stereocenters. The summed E-state index contributed by atoms with van der Waals surface area (Å²) in [7, 11) is -1.80. The number of aromatic nitrogens is 3. The molecule has 0 radical (unpaired) electrons. The molecule has 1 saturated heterocycles. The van der Waals surface area contributed by atoms with Crippen LogP contribution in [0.5, 0.6) is 0 Å². The number of anilines is 1. The molecule has 25 heavy (non-hydrogen) atoms. The first-order chi connectivity index (χ1) is 11.8. The Morgan fingerprint density at radius 1 is 1.32 bits per heavy atom. The van der Waals surface area contributed by atoms with Crippen molar-refractivity contribution >= 4 is 15.9 Å². The molecule has 0 N–H and O–H groups in total. The molecule has 1 aliphatic carbocycles. The van der Waals surface area contributed by atoms with E-state index < -0.39 is 10.2 Å². The van der Waals surface area contributed by atoms with Gasteiger partial charge in [-0.1, -0.05) is 19.0 Å². The minimum Gasteiger partial charge on any atom is -0.361 e. The normalized spacial score (nSPS) is 22.3. The molecule has 2 aromatic rings. The van der Waals surface area contributed by atoms with Gasteiger partial charge in [0, 0.05) is 38.3 Å². The molecule has 1 fully saturated rings. The largest absolute Gasteiger partial charge is 0.361 e. The van der Waals surface area contributed by atoms with Gasteiger partial charge in [0.2, 0.25) is 0 Å². The third-order valence-corrected chi connectivity index (χ3v) is 7.01. The summed E-state index contributed by atoms with van der Waals surface area (Å²) in [5.74, 6) is 0.912. The van der Waals surface area contributed by atoms with Gasteiger partial charge in [-0.3, -0.25) is 8.99 Å². The third-order valence-electron chi connectivity index (χ3n) is 5.10. The predicted molar refractivity (Wildman–Crippen MR) is 92.2 cm³/mol. The topological polar surface area (TPSA) is 84.5 Å². The summed E-state index contributed by atoms with van der Waals surface area (Å²) in [5, 5.41) is 8.24. The van der Waals surface area contributed by atoms with Crippen molar-refractivity contribution in [2.24, 2.45) is 12.5 Å². The molecule has 0 spiro atoms. The Kier molecular flexibility index (Phi) is 3.69. The summed E-state index contributed by atoms with van der Waals surface area (Å²) in [5.41, 5.74) is 2.62. The first-order valence-electron chi connectivity index (χ1n) is 8.49. The van der Waals surface area contributed by atoms with Crippen LogP contribution < -0.4 is 4.31 Å². The van der Waals surface area contributed by atoms with Crippen LogP contribution in [0.3, 0.4) is 0 Å². The fourth-order valence-electron chi connectivity index (χ4n) is 3.62. The van der Waals surface area contributed by atoms with E-state index in [0.717, 1.165) is 36.3 Å². The van der Waals surface area contributed by atoms with Crippen LogP contribution in [0.15, 0.2) is 16.9 Å². The summed E-state index contributed by atoms with van der Waals surface area (Å²) in [6.45, 7) is 5.56. The van der Waals surface area contributed by atoms with E-state index in [0.29, 0.717) is 18.8 Å². The Hall–Kier alpha value is -1.87. The summed E-state index contributed by atoms with van der Waals surface area (Å²) in [6, 6.07) is 0. The number of rotatable bonds is 3. The molecule has 3 heterocycles. The van der Waals surface area contributed by atoms with Gasteiger partial charge in [0.1, 0.15) is 11.5 Å². The highest BCUT2D eigenvalue weighted by Gasteiger charge is 2.39. The second-order valence-corrected chi connectivity index (χ2v) is 9.51. The van der Waals surface area contributed by atoms with Crippen molar-refractivity contribution in [2.75, 3.05) is 17.4 Å². The SMILES string of the molecule is Cn1cc(N2CCN(Cc3noc4c3CC(C)(C)CC4)S2(=O)=O)cn1. The molecule has 0 aromatic carbocycles. The smallest absolute Gasteiger partial charge is 0.304 e. The highest BCUT2D eigenvalue weighted by molar-refractivity contribution is 7.90. The summed E-state index contributed by atoms with van der Waals surface area (Å²) < 4.78 is 35.7. The average molecular weight is 365 g/mol. The molecule has 2 aromatic heterocycles. The Labute approximate surface area is 147 Å². The molecule has 0 amide bonds. The molecule has 0 unspecified atom stereocenters. The summed E-state index contributed by atoms with van der Waals surface area (Å²) in [4.78, 5) is 0. The van der Waals surface area contributed by atoms with E-state index in [-0.39, 0.29) is 12.0 Å². The monoisotopic (exact) mass is 365 g/mol. The van der Waals surface area contributed by atoms with Gasteiger partial charge in [-0.05, 0) is 18.3 Å². The van der Waals surface area contributed by atoms with Crippen molar-refractivity contribution < 1.29 is 12.9 Å². The van der Waals surface area contributed by atoms with Gasteiger partial charge in [-0.2, -0.15) is 17.8 Å². The number of fused-ring (bicyclic) bond motifs is 1. The van der Waals surface area contributed by atoms with E-state index >= 15 is 0 Å². The number of nitrogens with zero attached hydrogens (tertiary/aromatic N) is 5. The Balaban J connectivity index is 1.58. The van der Waals surface area contributed by atoms with E-state index in [9.17, 15) is 8.42 Å². The maximum atomic E-state index is 12.9. The first-order valence-corrected chi connectivity index (χ1v) is 9.89. The zero-order valence-corrected chi connectivity index (χ0v) is 15.6. The van der Waals surface area contributed by atoms with Crippen molar-refractivity contribution in [3.63, 3.8) is 0 Å². The first kappa shape index (κ1) is 16.6. The van der Waals surface area contributed by atoms with Crippen LogP contribution in [-0.4, -0.2) is 40.7 Å². The van der Waals surface area contributed by atoms with Crippen molar-refractivity contribution in [1.29, 1.82) is 0 Å². The van der Waals surface area contributed by atoms with Crippen LogP contribution in [0.1, 0.15) is 37.3 Å². The van der Waals surface area contributed by atoms with Gasteiger partial charge in [0.05, 0.1) is 18.4 Å². The number of aryl methyl sites for hydroxylation is 2. The lowest BCUT2D eigenvalue weighted by atomic mass is 9.76. The van der Waals surface area contributed by atoms with Crippen molar-refractivity contribution in [3.05, 3.63) is 29.4 Å². The number of hydrogen-bond donors (Lipinski definition) is 0. The minimum atomic E-state index is -3.57. The van der Waals surface area contributed by atoms with Gasteiger partial charge in [0.25, 0.3) is 0 Å². The third kappa shape index (κ3) is 2.85. The second kappa shape index (κ2) is 5.57. The summed E-state index contributed by atoms with van der Waals surface area (Å²) >= 11 is 0.